The van der Waals surface area contributed by atoms with Crippen LogP contribution in [0.4, 0.5) is 0 Å². The first-order chi connectivity index (χ1) is 7.65. The molecule has 16 heavy (non-hydrogen) atoms. The van der Waals surface area contributed by atoms with E-state index in [0.29, 0.717) is 13.0 Å². The summed E-state index contributed by atoms with van der Waals surface area (Å²) in [4.78, 5) is 11.7. The van der Waals surface area contributed by atoms with Gasteiger partial charge < -0.3 is 15.8 Å². The average molecular weight is 242 g/mol. The van der Waals surface area contributed by atoms with Crippen molar-refractivity contribution in [1.29, 1.82) is 0 Å². The van der Waals surface area contributed by atoms with Crippen molar-refractivity contribution in [2.75, 3.05) is 13.7 Å². The van der Waals surface area contributed by atoms with Gasteiger partial charge >= 0.3 is 0 Å². The van der Waals surface area contributed by atoms with Crippen molar-refractivity contribution in [1.82, 2.24) is 5.32 Å². The second-order valence-corrected chi connectivity index (χ2v) is 4.45. The number of carbonyl (C=O) groups is 1. The lowest BCUT2D eigenvalue weighted by Gasteiger charge is -2.16. The quantitative estimate of drug-likeness (QED) is 0.790. The molecule has 0 fully saturated rings. The molecule has 0 aliphatic carbocycles. The highest BCUT2D eigenvalue weighted by Gasteiger charge is 2.16. The number of carbonyl (C=O) groups excluding carboxylic acids is 1. The number of thiophene rings is 1. The van der Waals surface area contributed by atoms with Gasteiger partial charge in [-0.25, -0.2) is 0 Å². The summed E-state index contributed by atoms with van der Waals surface area (Å²) in [6.45, 7) is 2.45. The summed E-state index contributed by atoms with van der Waals surface area (Å²) in [5.74, 6) is -0.129. The van der Waals surface area contributed by atoms with Crippen LogP contribution in [0.5, 0.6) is 0 Å². The fourth-order valence-electron chi connectivity index (χ4n) is 1.30. The number of rotatable bonds is 6. The van der Waals surface area contributed by atoms with Gasteiger partial charge in [-0.2, -0.15) is 11.3 Å². The van der Waals surface area contributed by atoms with Gasteiger partial charge in [0.2, 0.25) is 5.91 Å². The highest BCUT2D eigenvalue weighted by Crippen LogP contribution is 2.15. The van der Waals surface area contributed by atoms with Gasteiger partial charge in [-0.05, 0) is 35.7 Å². The Morgan fingerprint density at radius 2 is 2.44 bits per heavy atom. The van der Waals surface area contributed by atoms with Gasteiger partial charge in [0.05, 0.1) is 12.1 Å². The van der Waals surface area contributed by atoms with Gasteiger partial charge in [0.25, 0.3) is 0 Å². The van der Waals surface area contributed by atoms with Crippen LogP contribution < -0.4 is 11.1 Å². The van der Waals surface area contributed by atoms with Crippen LogP contribution in [0.3, 0.4) is 0 Å². The first kappa shape index (κ1) is 13.2. The predicted octanol–water partition coefficient (Wildman–Crippen LogP) is 1.29. The van der Waals surface area contributed by atoms with E-state index in [0.717, 1.165) is 5.56 Å². The Hall–Kier alpha value is -0.910. The van der Waals surface area contributed by atoms with Crippen LogP contribution in [0.15, 0.2) is 16.8 Å². The van der Waals surface area contributed by atoms with Crippen molar-refractivity contribution in [3.63, 3.8) is 0 Å². The molecule has 3 N–H and O–H groups in total. The average Bonchev–Trinajstić information content (AvgIpc) is 2.79. The van der Waals surface area contributed by atoms with Gasteiger partial charge in [-0.3, -0.25) is 4.79 Å². The number of hydrogen-bond acceptors (Lipinski definition) is 4. The molecule has 0 aromatic carbocycles. The Kier molecular flexibility index (Phi) is 5.45. The fraction of sp³-hybridized carbons (Fsp3) is 0.545. The van der Waals surface area contributed by atoms with Gasteiger partial charge in [0, 0.05) is 13.7 Å². The molecule has 1 rings (SSSR count). The van der Waals surface area contributed by atoms with E-state index in [2.05, 4.69) is 5.32 Å². The molecule has 2 atom stereocenters. The zero-order chi connectivity index (χ0) is 12.0. The Labute approximate surface area is 99.8 Å². The maximum absolute atomic E-state index is 11.7. The van der Waals surface area contributed by atoms with E-state index in [9.17, 15) is 4.79 Å². The Balaban J connectivity index is 2.39. The van der Waals surface area contributed by atoms with E-state index >= 15 is 0 Å². The van der Waals surface area contributed by atoms with E-state index in [1.54, 1.807) is 18.4 Å². The molecular weight excluding hydrogens is 224 g/mol. The van der Waals surface area contributed by atoms with Crippen LogP contribution in [0.1, 0.15) is 24.9 Å². The zero-order valence-corrected chi connectivity index (χ0v) is 10.4. The van der Waals surface area contributed by atoms with Crippen LogP contribution in [-0.4, -0.2) is 25.7 Å². The summed E-state index contributed by atoms with van der Waals surface area (Å²) in [6.07, 6.45) is 0.540. The third kappa shape index (κ3) is 3.92. The molecule has 4 nitrogen and oxygen atoms in total. The largest absolute Gasteiger partial charge is 0.385 e. The monoisotopic (exact) mass is 242 g/mol. The van der Waals surface area contributed by atoms with Gasteiger partial charge in [0.15, 0.2) is 0 Å². The summed E-state index contributed by atoms with van der Waals surface area (Å²) in [5, 5.41) is 6.89. The van der Waals surface area contributed by atoms with Gasteiger partial charge in [-0.15, -0.1) is 0 Å². The summed E-state index contributed by atoms with van der Waals surface area (Å²) in [7, 11) is 1.60. The lowest BCUT2D eigenvalue weighted by Crippen LogP contribution is -2.42. The number of amides is 1. The summed E-state index contributed by atoms with van der Waals surface area (Å²) >= 11 is 1.61. The molecule has 2 unspecified atom stereocenters. The second-order valence-electron chi connectivity index (χ2n) is 3.67. The molecule has 0 radical (unpaired) electrons. The van der Waals surface area contributed by atoms with Crippen molar-refractivity contribution >= 4 is 17.2 Å². The van der Waals surface area contributed by atoms with Crippen molar-refractivity contribution in [3.05, 3.63) is 22.4 Å². The maximum Gasteiger partial charge on any atom is 0.237 e. The smallest absolute Gasteiger partial charge is 0.237 e. The van der Waals surface area contributed by atoms with Crippen LogP contribution in [0, 0.1) is 0 Å². The van der Waals surface area contributed by atoms with Crippen LogP contribution >= 0.6 is 11.3 Å². The molecule has 1 heterocycles. The second kappa shape index (κ2) is 6.62. The third-order valence-electron chi connectivity index (χ3n) is 2.37. The fourth-order valence-corrected chi connectivity index (χ4v) is 2.06. The van der Waals surface area contributed by atoms with E-state index in [4.69, 9.17) is 10.5 Å². The van der Waals surface area contributed by atoms with Crippen molar-refractivity contribution in [3.8, 4) is 0 Å². The number of nitrogens with one attached hydrogen (secondary N) is 1. The molecule has 0 saturated heterocycles. The standard InChI is InChI=1S/C11H18N2O2S/c1-8(9-4-6-16-7-9)13-11(14)10(12)3-5-15-2/h4,6-8,10H,3,5,12H2,1-2H3,(H,13,14). The molecule has 90 valence electrons. The van der Waals surface area contributed by atoms with Crippen molar-refractivity contribution in [2.45, 2.75) is 25.4 Å². The summed E-state index contributed by atoms with van der Waals surface area (Å²) in [6, 6.07) is 1.50. The normalized spacial score (nSPS) is 14.4. The lowest BCUT2D eigenvalue weighted by molar-refractivity contribution is -0.123. The van der Waals surface area contributed by atoms with Gasteiger partial charge in [0.1, 0.15) is 0 Å². The first-order valence-electron chi connectivity index (χ1n) is 5.22. The predicted molar refractivity (Wildman–Crippen MR) is 65.3 cm³/mol. The zero-order valence-electron chi connectivity index (χ0n) is 9.60. The number of ether oxygens (including phenoxy) is 1. The topological polar surface area (TPSA) is 64.3 Å². The highest BCUT2D eigenvalue weighted by molar-refractivity contribution is 7.07. The summed E-state index contributed by atoms with van der Waals surface area (Å²) in [5.41, 5.74) is 6.82. The molecule has 1 amide bonds. The minimum atomic E-state index is -0.499. The van der Waals surface area contributed by atoms with Crippen LogP contribution in [-0.2, 0) is 9.53 Å². The number of nitrogens with two attached hydrogens (primary N) is 1. The molecule has 5 heteroatoms. The van der Waals surface area contributed by atoms with Gasteiger partial charge in [-0.1, -0.05) is 0 Å². The molecule has 0 aliphatic rings. The molecule has 1 aromatic rings. The van der Waals surface area contributed by atoms with E-state index in [1.807, 2.05) is 23.8 Å². The summed E-state index contributed by atoms with van der Waals surface area (Å²) < 4.78 is 4.88. The molecule has 0 aliphatic heterocycles. The Morgan fingerprint density at radius 3 is 3.00 bits per heavy atom. The van der Waals surface area contributed by atoms with Crippen LogP contribution in [0.25, 0.3) is 0 Å². The highest BCUT2D eigenvalue weighted by atomic mass is 32.1. The molecular formula is C11H18N2O2S. The SMILES string of the molecule is COCCC(N)C(=O)NC(C)c1ccsc1. The number of methoxy groups -OCH3 is 1. The Bertz CT molecular complexity index is 314. The van der Waals surface area contributed by atoms with Crippen molar-refractivity contribution in [2.24, 2.45) is 5.73 Å². The minimum absolute atomic E-state index is 0.00680. The van der Waals surface area contributed by atoms with E-state index in [1.165, 1.54) is 0 Å². The molecule has 0 bridgehead atoms. The molecule has 0 spiro atoms. The number of hydrogen-bond donors (Lipinski definition) is 2. The minimum Gasteiger partial charge on any atom is -0.385 e. The maximum atomic E-state index is 11.7. The molecule has 1 aromatic heterocycles. The first-order valence-corrected chi connectivity index (χ1v) is 6.16. The van der Waals surface area contributed by atoms with E-state index < -0.39 is 6.04 Å². The molecule has 0 saturated carbocycles. The third-order valence-corrected chi connectivity index (χ3v) is 3.07. The Morgan fingerprint density at radius 1 is 1.69 bits per heavy atom. The van der Waals surface area contributed by atoms with E-state index in [-0.39, 0.29) is 11.9 Å². The van der Waals surface area contributed by atoms with Crippen molar-refractivity contribution < 1.29 is 9.53 Å². The van der Waals surface area contributed by atoms with Crippen LogP contribution in [0.2, 0.25) is 0 Å². The lowest BCUT2D eigenvalue weighted by atomic mass is 10.1.